The number of aromatic nitrogens is 4. The maximum atomic E-state index is 12.7. The van der Waals surface area contributed by atoms with Gasteiger partial charge in [0.15, 0.2) is 5.82 Å². The van der Waals surface area contributed by atoms with E-state index in [1.165, 1.54) is 6.07 Å². The van der Waals surface area contributed by atoms with Gasteiger partial charge in [-0.1, -0.05) is 24.3 Å². The first-order valence-corrected chi connectivity index (χ1v) is 9.84. The van der Waals surface area contributed by atoms with Gasteiger partial charge in [-0.05, 0) is 28.1 Å². The number of non-ortho nitro benzene ring substituents is 1. The molecule has 160 valence electrons. The van der Waals surface area contributed by atoms with Crippen LogP contribution in [0, 0.1) is 10.1 Å². The number of aryl methyl sites for hydroxylation is 1. The van der Waals surface area contributed by atoms with Crippen LogP contribution in [-0.2, 0) is 13.6 Å². The second-order valence-electron chi connectivity index (χ2n) is 7.33. The number of urea groups is 1. The number of nitro benzene ring substituents is 1. The fraction of sp³-hybridized carbons (Fsp3) is 0.300. The van der Waals surface area contributed by atoms with Gasteiger partial charge in [0.1, 0.15) is 0 Å². The number of amides is 2. The van der Waals surface area contributed by atoms with Gasteiger partial charge in [0.25, 0.3) is 5.69 Å². The molecule has 1 saturated heterocycles. The van der Waals surface area contributed by atoms with Crippen molar-refractivity contribution in [1.82, 2.24) is 30.0 Å². The Morgan fingerprint density at radius 1 is 1.13 bits per heavy atom. The largest absolute Gasteiger partial charge is 0.322 e. The molecule has 0 aliphatic carbocycles. The van der Waals surface area contributed by atoms with Crippen molar-refractivity contribution in [3.05, 3.63) is 64.2 Å². The van der Waals surface area contributed by atoms with Gasteiger partial charge in [0, 0.05) is 63.2 Å². The molecule has 0 bridgehead atoms. The molecule has 1 aliphatic rings. The molecule has 4 rings (SSSR count). The minimum atomic E-state index is -0.387. The zero-order valence-corrected chi connectivity index (χ0v) is 17.0. The first-order chi connectivity index (χ1) is 15.0. The van der Waals surface area contributed by atoms with Gasteiger partial charge in [-0.25, -0.2) is 9.48 Å². The van der Waals surface area contributed by atoms with Crippen molar-refractivity contribution in [2.24, 2.45) is 7.05 Å². The molecule has 2 amide bonds. The van der Waals surface area contributed by atoms with Gasteiger partial charge < -0.3 is 10.2 Å². The summed E-state index contributed by atoms with van der Waals surface area (Å²) in [4.78, 5) is 27.2. The van der Waals surface area contributed by atoms with Crippen LogP contribution in [0.15, 0.2) is 48.5 Å². The number of tetrazole rings is 1. The molecule has 0 spiro atoms. The molecule has 1 aromatic heterocycles. The molecule has 0 atom stereocenters. The number of anilines is 1. The summed E-state index contributed by atoms with van der Waals surface area (Å²) >= 11 is 0. The van der Waals surface area contributed by atoms with E-state index in [1.807, 2.05) is 30.3 Å². The second kappa shape index (κ2) is 8.88. The number of piperazine rings is 1. The van der Waals surface area contributed by atoms with Crippen molar-refractivity contribution >= 4 is 17.4 Å². The Morgan fingerprint density at radius 2 is 1.90 bits per heavy atom. The fourth-order valence-electron chi connectivity index (χ4n) is 3.55. The lowest BCUT2D eigenvalue weighted by molar-refractivity contribution is -0.384. The van der Waals surface area contributed by atoms with Crippen LogP contribution in [0.5, 0.6) is 0 Å². The molecule has 31 heavy (non-hydrogen) atoms. The topological polar surface area (TPSA) is 122 Å². The molecule has 2 aromatic carbocycles. The van der Waals surface area contributed by atoms with Crippen LogP contribution in [0.4, 0.5) is 16.2 Å². The van der Waals surface area contributed by atoms with E-state index >= 15 is 0 Å². The molecule has 1 aliphatic heterocycles. The second-order valence-corrected chi connectivity index (χ2v) is 7.33. The molecular weight excluding hydrogens is 400 g/mol. The Bertz CT molecular complexity index is 1090. The number of rotatable bonds is 5. The molecule has 2 heterocycles. The van der Waals surface area contributed by atoms with Crippen LogP contribution in [0.25, 0.3) is 11.4 Å². The summed E-state index contributed by atoms with van der Waals surface area (Å²) in [6.45, 7) is 3.16. The Kier molecular flexibility index (Phi) is 5.85. The van der Waals surface area contributed by atoms with Crippen LogP contribution in [0.1, 0.15) is 5.56 Å². The van der Waals surface area contributed by atoms with E-state index in [9.17, 15) is 14.9 Å². The summed E-state index contributed by atoms with van der Waals surface area (Å²) < 4.78 is 1.57. The van der Waals surface area contributed by atoms with Crippen molar-refractivity contribution in [3.8, 4) is 11.4 Å². The van der Waals surface area contributed by atoms with Gasteiger partial charge in [0.2, 0.25) is 0 Å². The van der Waals surface area contributed by atoms with Gasteiger partial charge in [-0.15, -0.1) is 5.10 Å². The maximum absolute atomic E-state index is 12.7. The fourth-order valence-corrected chi connectivity index (χ4v) is 3.55. The van der Waals surface area contributed by atoms with E-state index in [1.54, 1.807) is 28.8 Å². The quantitative estimate of drug-likeness (QED) is 0.494. The van der Waals surface area contributed by atoms with Crippen LogP contribution in [0.2, 0.25) is 0 Å². The predicted octanol–water partition coefficient (Wildman–Crippen LogP) is 2.13. The summed E-state index contributed by atoms with van der Waals surface area (Å²) in [5.41, 5.74) is 2.47. The molecule has 0 radical (unpaired) electrons. The highest BCUT2D eigenvalue weighted by Gasteiger charge is 2.22. The molecule has 11 heteroatoms. The Morgan fingerprint density at radius 3 is 2.61 bits per heavy atom. The van der Waals surface area contributed by atoms with E-state index in [2.05, 4.69) is 25.7 Å². The lowest BCUT2D eigenvalue weighted by Crippen LogP contribution is -2.49. The normalized spacial score (nSPS) is 14.4. The summed E-state index contributed by atoms with van der Waals surface area (Å²) in [6, 6.07) is 13.9. The monoisotopic (exact) mass is 422 g/mol. The van der Waals surface area contributed by atoms with E-state index in [0.717, 1.165) is 11.1 Å². The molecule has 0 unspecified atom stereocenters. The third-order valence-electron chi connectivity index (χ3n) is 5.18. The zero-order valence-electron chi connectivity index (χ0n) is 17.0. The number of hydrogen-bond donors (Lipinski definition) is 1. The number of hydrogen-bond acceptors (Lipinski definition) is 7. The van der Waals surface area contributed by atoms with Crippen molar-refractivity contribution in [3.63, 3.8) is 0 Å². The van der Waals surface area contributed by atoms with Crippen molar-refractivity contribution < 1.29 is 9.72 Å². The lowest BCUT2D eigenvalue weighted by Gasteiger charge is -2.34. The molecular formula is C20H22N8O3. The third kappa shape index (κ3) is 4.83. The van der Waals surface area contributed by atoms with E-state index < -0.39 is 0 Å². The Labute approximate surface area is 178 Å². The third-order valence-corrected chi connectivity index (χ3v) is 5.18. The highest BCUT2D eigenvalue weighted by molar-refractivity contribution is 5.90. The standard InChI is InChI=1S/C20H22N8O3/c1-25-19(22-23-24-25)16-5-3-6-17(13-16)21-20(29)27-10-8-26(9-11-27)14-15-4-2-7-18(12-15)28(30)31/h2-7,12-13H,8-11,14H2,1H3,(H,21,29). The Hall–Kier alpha value is -3.86. The minimum absolute atomic E-state index is 0.0925. The van der Waals surface area contributed by atoms with Crippen LogP contribution < -0.4 is 5.32 Å². The van der Waals surface area contributed by atoms with Crippen LogP contribution in [-0.4, -0.2) is 67.1 Å². The molecule has 11 nitrogen and oxygen atoms in total. The van der Waals surface area contributed by atoms with E-state index in [4.69, 9.17) is 0 Å². The highest BCUT2D eigenvalue weighted by atomic mass is 16.6. The average molecular weight is 422 g/mol. The number of benzene rings is 2. The first kappa shape index (κ1) is 20.4. The molecule has 1 N–H and O–H groups in total. The van der Waals surface area contributed by atoms with E-state index in [0.29, 0.717) is 44.2 Å². The molecule has 1 fully saturated rings. The average Bonchev–Trinajstić information content (AvgIpc) is 3.20. The van der Waals surface area contributed by atoms with Gasteiger partial charge in [-0.3, -0.25) is 15.0 Å². The predicted molar refractivity (Wildman–Crippen MR) is 113 cm³/mol. The number of nitro groups is 1. The van der Waals surface area contributed by atoms with Crippen molar-refractivity contribution in [2.45, 2.75) is 6.54 Å². The summed E-state index contributed by atoms with van der Waals surface area (Å²) in [5, 5.41) is 25.3. The van der Waals surface area contributed by atoms with Crippen molar-refractivity contribution in [1.29, 1.82) is 0 Å². The lowest BCUT2D eigenvalue weighted by atomic mass is 10.1. The highest BCUT2D eigenvalue weighted by Crippen LogP contribution is 2.20. The summed E-state index contributed by atoms with van der Waals surface area (Å²) in [6.07, 6.45) is 0. The maximum Gasteiger partial charge on any atom is 0.321 e. The number of nitrogens with one attached hydrogen (secondary N) is 1. The van der Waals surface area contributed by atoms with Crippen LogP contribution >= 0.6 is 0 Å². The summed E-state index contributed by atoms with van der Waals surface area (Å²) in [5.74, 6) is 0.617. The smallest absolute Gasteiger partial charge is 0.321 e. The van der Waals surface area contributed by atoms with Gasteiger partial charge >= 0.3 is 6.03 Å². The number of nitrogens with zero attached hydrogens (tertiary/aromatic N) is 7. The van der Waals surface area contributed by atoms with Gasteiger partial charge in [-0.2, -0.15) is 0 Å². The summed E-state index contributed by atoms with van der Waals surface area (Å²) in [7, 11) is 1.76. The minimum Gasteiger partial charge on any atom is -0.322 e. The number of carbonyl (C=O) groups excluding carboxylic acids is 1. The Balaban J connectivity index is 1.32. The zero-order chi connectivity index (χ0) is 21.8. The van der Waals surface area contributed by atoms with E-state index in [-0.39, 0.29) is 16.6 Å². The number of carbonyl (C=O) groups is 1. The molecule has 3 aromatic rings. The SMILES string of the molecule is Cn1nnnc1-c1cccc(NC(=O)N2CCN(Cc3cccc([N+](=O)[O-])c3)CC2)c1. The first-order valence-electron chi connectivity index (χ1n) is 9.84. The van der Waals surface area contributed by atoms with Crippen LogP contribution in [0.3, 0.4) is 0 Å². The van der Waals surface area contributed by atoms with Gasteiger partial charge in [0.05, 0.1) is 4.92 Å². The molecule has 0 saturated carbocycles. The van der Waals surface area contributed by atoms with Crippen molar-refractivity contribution in [2.75, 3.05) is 31.5 Å².